The average molecular weight is 783 g/mol. The van der Waals surface area contributed by atoms with Crippen LogP contribution in [0, 0.1) is 0 Å². The molecule has 0 atom stereocenters. The van der Waals surface area contributed by atoms with E-state index >= 15 is 0 Å². The van der Waals surface area contributed by atoms with Crippen molar-refractivity contribution in [1.29, 1.82) is 0 Å². The van der Waals surface area contributed by atoms with Gasteiger partial charge in [0, 0.05) is 20.7 Å². The van der Waals surface area contributed by atoms with Gasteiger partial charge in [0.05, 0.1) is 26.4 Å². The van der Waals surface area contributed by atoms with Crippen molar-refractivity contribution in [2.75, 3.05) is 26.4 Å². The van der Waals surface area contributed by atoms with E-state index in [0.29, 0.717) is 26.4 Å². The quantitative estimate of drug-likeness (QED) is 0.0470. The van der Waals surface area contributed by atoms with Crippen LogP contribution in [0.2, 0.25) is 0 Å². The fourth-order valence-electron chi connectivity index (χ4n) is 6.63. The first-order valence-corrected chi connectivity index (χ1v) is 24.9. The van der Waals surface area contributed by atoms with Crippen molar-refractivity contribution in [3.05, 3.63) is 95.1 Å². The van der Waals surface area contributed by atoms with E-state index in [1.807, 2.05) is 0 Å². The number of unbranched alkanes of at least 4 members (excludes halogenated alkanes) is 4. The third-order valence-electron chi connectivity index (χ3n) is 10.4. The monoisotopic (exact) mass is 782 g/mol. The van der Waals surface area contributed by atoms with Crippen molar-refractivity contribution in [3.8, 4) is 23.0 Å². The molecule has 0 saturated carbocycles. The molecule has 300 valence electrons. The molecule has 0 spiro atoms. The second-order valence-electron chi connectivity index (χ2n) is 14.6. The van der Waals surface area contributed by atoms with Gasteiger partial charge in [-0.1, -0.05) is 130 Å². The van der Waals surface area contributed by atoms with Gasteiger partial charge in [0.1, 0.15) is 23.0 Å². The average Bonchev–Trinajstić information content (AvgIpc) is 3.22. The van der Waals surface area contributed by atoms with E-state index < -0.39 is 18.1 Å². The predicted molar refractivity (Wildman–Crippen MR) is 239 cm³/mol. The van der Waals surface area contributed by atoms with Crippen molar-refractivity contribution in [2.24, 2.45) is 0 Å². The lowest BCUT2D eigenvalue weighted by molar-refractivity contribution is 0.309. The molecule has 0 aliphatic heterocycles. The lowest BCUT2D eigenvalue weighted by atomic mass is 10.1. The van der Waals surface area contributed by atoms with Crippen LogP contribution in [0.3, 0.4) is 0 Å². The Kier molecular flexibility index (Phi) is 19.4. The van der Waals surface area contributed by atoms with Crippen molar-refractivity contribution in [2.45, 2.75) is 132 Å². The molecular formula is C48H70O5Si2. The summed E-state index contributed by atoms with van der Waals surface area (Å²) in [7, 11) is -5.08. The lowest BCUT2D eigenvalue weighted by Gasteiger charge is -2.30. The van der Waals surface area contributed by atoms with Crippen LogP contribution in [0.4, 0.5) is 0 Å². The predicted octanol–water partition coefficient (Wildman–Crippen LogP) is 9.04. The summed E-state index contributed by atoms with van der Waals surface area (Å²) in [6.45, 7) is 20.4. The first-order chi connectivity index (χ1) is 26.9. The van der Waals surface area contributed by atoms with Gasteiger partial charge in [-0.15, -0.1) is 0 Å². The molecule has 0 radical (unpaired) electrons. The van der Waals surface area contributed by atoms with Gasteiger partial charge in [0.25, 0.3) is 0 Å². The third kappa shape index (κ3) is 12.7. The van der Waals surface area contributed by atoms with Crippen LogP contribution in [0.1, 0.15) is 129 Å². The first kappa shape index (κ1) is 44.2. The summed E-state index contributed by atoms with van der Waals surface area (Å²) in [5, 5.41) is 4.64. The van der Waals surface area contributed by atoms with E-state index in [1.165, 1.54) is 22.3 Å². The zero-order valence-electron chi connectivity index (χ0n) is 35.4. The molecule has 0 unspecified atom stereocenters. The molecular weight excluding hydrogens is 713 g/mol. The molecule has 0 aliphatic rings. The highest BCUT2D eigenvalue weighted by Crippen LogP contribution is 2.23. The highest BCUT2D eigenvalue weighted by atomic mass is 28.4. The Balaban J connectivity index is 2.04. The van der Waals surface area contributed by atoms with E-state index in [0.717, 1.165) is 121 Å². The Bertz CT molecular complexity index is 1480. The molecule has 0 N–H and O–H groups in total. The van der Waals surface area contributed by atoms with E-state index in [4.69, 9.17) is 23.1 Å². The maximum atomic E-state index is 8.03. The number of hydrogen-bond acceptors (Lipinski definition) is 5. The Morgan fingerprint density at radius 2 is 0.582 bits per heavy atom. The van der Waals surface area contributed by atoms with Crippen LogP contribution in [0.5, 0.6) is 23.0 Å². The number of benzene rings is 4. The lowest BCUT2D eigenvalue weighted by Crippen LogP contribution is -2.57. The zero-order valence-corrected chi connectivity index (χ0v) is 37.7. The van der Waals surface area contributed by atoms with Gasteiger partial charge in [0.2, 0.25) is 18.1 Å². The van der Waals surface area contributed by atoms with Crippen LogP contribution < -0.4 is 39.7 Å². The first-order valence-electron chi connectivity index (χ1n) is 21.6. The van der Waals surface area contributed by atoms with Crippen LogP contribution in [0.15, 0.2) is 72.8 Å². The largest absolute Gasteiger partial charge is 0.494 e. The minimum absolute atomic E-state index is 0.676. The maximum Gasteiger partial charge on any atom is 0.236 e. The molecule has 0 fully saturated rings. The molecule has 4 aromatic rings. The van der Waals surface area contributed by atoms with Crippen molar-refractivity contribution in [3.63, 3.8) is 0 Å². The molecule has 4 aromatic carbocycles. The van der Waals surface area contributed by atoms with Crippen LogP contribution >= 0.6 is 0 Å². The number of aryl methyl sites for hydroxylation is 4. The Hall–Kier alpha value is -3.53. The van der Waals surface area contributed by atoms with Gasteiger partial charge in [-0.25, -0.2) is 0 Å². The molecule has 0 bridgehead atoms. The fraction of sp³-hybridized carbons (Fsp3) is 0.500. The van der Waals surface area contributed by atoms with Gasteiger partial charge >= 0.3 is 0 Å². The second-order valence-corrected chi connectivity index (χ2v) is 19.7. The Morgan fingerprint density at radius 3 is 0.782 bits per heavy atom. The van der Waals surface area contributed by atoms with Gasteiger partial charge in [-0.2, -0.15) is 0 Å². The highest BCUT2D eigenvalue weighted by Gasteiger charge is 2.34. The molecule has 0 aliphatic carbocycles. The molecule has 0 heterocycles. The van der Waals surface area contributed by atoms with Crippen molar-refractivity contribution < 1.29 is 23.1 Å². The minimum Gasteiger partial charge on any atom is -0.494 e. The molecule has 5 nitrogen and oxygen atoms in total. The van der Waals surface area contributed by atoms with Gasteiger partial charge in [-0.3, -0.25) is 0 Å². The maximum absolute atomic E-state index is 8.03. The smallest absolute Gasteiger partial charge is 0.236 e. The van der Waals surface area contributed by atoms with E-state index in [9.17, 15) is 0 Å². The van der Waals surface area contributed by atoms with Crippen LogP contribution in [-0.4, -0.2) is 44.5 Å². The highest BCUT2D eigenvalue weighted by molar-refractivity contribution is 6.93. The van der Waals surface area contributed by atoms with E-state index in [-0.39, 0.29) is 0 Å². The number of hydrogen-bond donors (Lipinski definition) is 0. The summed E-state index contributed by atoms with van der Waals surface area (Å²) in [5.74, 6) is 3.77. The van der Waals surface area contributed by atoms with Crippen molar-refractivity contribution in [1.82, 2.24) is 0 Å². The molecule has 4 rings (SSSR count). The van der Waals surface area contributed by atoms with Gasteiger partial charge in [-0.05, 0) is 97.9 Å². The normalized spacial score (nSPS) is 11.4. The van der Waals surface area contributed by atoms with E-state index in [1.54, 1.807) is 0 Å². The number of rotatable bonds is 26. The molecule has 0 amide bonds. The molecule has 55 heavy (non-hydrogen) atoms. The third-order valence-corrected chi connectivity index (χ3v) is 16.7. The Morgan fingerprint density at radius 1 is 0.345 bits per heavy atom. The Labute approximate surface area is 337 Å². The fourth-order valence-corrected chi connectivity index (χ4v) is 13.5. The zero-order chi connectivity index (χ0) is 39.4. The van der Waals surface area contributed by atoms with Crippen LogP contribution in [-0.2, 0) is 29.8 Å². The standard InChI is InChI=1S/C48H70O5Si2/c1-9-17-29-49-41-33-37(13-5)21-25-45(41)54(46-26-22-38(14-6)34-42(46)50-30-18-10-2)53-55(47-27-23-39(15-7)35-43(47)51-31-19-11-3)48-28-24-40(16-8)36-44(48)52-32-20-12-4/h21-28,33-36,54-55H,9-20,29-32H2,1-8H3. The second kappa shape index (κ2) is 24.2. The summed E-state index contributed by atoms with van der Waals surface area (Å²) in [4.78, 5) is 0. The summed E-state index contributed by atoms with van der Waals surface area (Å²) < 4.78 is 34.9. The van der Waals surface area contributed by atoms with Gasteiger partial charge in [0.15, 0.2) is 0 Å². The van der Waals surface area contributed by atoms with Gasteiger partial charge < -0.3 is 23.1 Å². The number of ether oxygens (including phenoxy) is 4. The topological polar surface area (TPSA) is 46.2 Å². The summed E-state index contributed by atoms with van der Waals surface area (Å²) in [6.07, 6.45) is 12.1. The van der Waals surface area contributed by atoms with E-state index in [2.05, 4.69) is 128 Å². The molecule has 0 saturated heterocycles. The summed E-state index contributed by atoms with van der Waals surface area (Å²) in [5.41, 5.74) is 5.06. The summed E-state index contributed by atoms with van der Waals surface area (Å²) in [6, 6.07) is 27.3. The van der Waals surface area contributed by atoms with Crippen molar-refractivity contribution >= 4 is 38.8 Å². The molecule has 0 aromatic heterocycles. The van der Waals surface area contributed by atoms with Crippen LogP contribution in [0.25, 0.3) is 0 Å². The SMILES string of the molecule is CCCCOc1cc(CC)ccc1[SiH](O[SiH](c1ccc(CC)cc1OCCCC)c1ccc(CC)cc1OCCCC)c1ccc(CC)cc1OCCCC. The minimum atomic E-state index is -2.54. The summed E-state index contributed by atoms with van der Waals surface area (Å²) >= 11 is 0. The molecule has 7 heteroatoms.